The number of aromatic nitrogens is 1. The lowest BCUT2D eigenvalue weighted by Crippen LogP contribution is -2.04. The van der Waals surface area contributed by atoms with Gasteiger partial charge in [0.15, 0.2) is 5.76 Å². The van der Waals surface area contributed by atoms with Gasteiger partial charge in [-0.25, -0.2) is 4.98 Å². The van der Waals surface area contributed by atoms with E-state index in [2.05, 4.69) is 4.98 Å². The minimum absolute atomic E-state index is 0.0765. The van der Waals surface area contributed by atoms with Gasteiger partial charge in [0.25, 0.3) is 6.01 Å². The lowest BCUT2D eigenvalue weighted by molar-refractivity contribution is -0.137. The fourth-order valence-corrected chi connectivity index (χ4v) is 1.27. The molecule has 2 rings (SSSR count). The summed E-state index contributed by atoms with van der Waals surface area (Å²) in [6.45, 7) is 0. The van der Waals surface area contributed by atoms with E-state index in [1.165, 1.54) is 18.3 Å². The second-order valence-electron chi connectivity index (χ2n) is 3.14. The van der Waals surface area contributed by atoms with Crippen LogP contribution < -0.4 is 5.73 Å². The number of halogens is 3. The summed E-state index contributed by atoms with van der Waals surface area (Å²) in [5, 5.41) is 0. The molecule has 2 N–H and O–H groups in total. The Labute approximate surface area is 88.7 Å². The summed E-state index contributed by atoms with van der Waals surface area (Å²) < 4.78 is 42.2. The van der Waals surface area contributed by atoms with Crippen LogP contribution in [-0.2, 0) is 6.18 Å². The summed E-state index contributed by atoms with van der Waals surface area (Å²) in [5.74, 6) is 0.212. The fraction of sp³-hybridized carbons (Fsp3) is 0.100. The van der Waals surface area contributed by atoms with Gasteiger partial charge in [-0.15, -0.1) is 0 Å². The number of anilines is 1. The Morgan fingerprint density at radius 3 is 2.56 bits per heavy atom. The molecule has 0 amide bonds. The Hall–Kier alpha value is -1.98. The number of alkyl halides is 3. The van der Waals surface area contributed by atoms with Crippen LogP contribution >= 0.6 is 0 Å². The van der Waals surface area contributed by atoms with Crippen LogP contribution in [0.5, 0.6) is 0 Å². The molecule has 0 aliphatic rings. The number of benzene rings is 1. The van der Waals surface area contributed by atoms with Crippen LogP contribution in [0.2, 0.25) is 0 Å². The summed E-state index contributed by atoms with van der Waals surface area (Å²) in [6, 6.07) is 4.70. The van der Waals surface area contributed by atoms with Crippen LogP contribution in [0, 0.1) is 0 Å². The maximum Gasteiger partial charge on any atom is 0.416 e. The molecule has 1 heterocycles. The second-order valence-corrected chi connectivity index (χ2v) is 3.14. The average molecular weight is 228 g/mol. The lowest BCUT2D eigenvalue weighted by Gasteiger charge is -2.06. The van der Waals surface area contributed by atoms with E-state index in [0.29, 0.717) is 5.56 Å². The van der Waals surface area contributed by atoms with E-state index < -0.39 is 11.7 Å². The zero-order valence-electron chi connectivity index (χ0n) is 7.95. The molecule has 1 aromatic heterocycles. The average Bonchev–Trinajstić information content (AvgIpc) is 2.64. The summed E-state index contributed by atoms with van der Waals surface area (Å²) >= 11 is 0. The molecule has 0 radical (unpaired) electrons. The van der Waals surface area contributed by atoms with Crippen molar-refractivity contribution in [2.75, 3.05) is 5.73 Å². The Balaban J connectivity index is 2.44. The normalized spacial score (nSPS) is 11.7. The van der Waals surface area contributed by atoms with Gasteiger partial charge < -0.3 is 10.2 Å². The van der Waals surface area contributed by atoms with E-state index in [0.717, 1.165) is 12.1 Å². The maximum absolute atomic E-state index is 12.4. The molecule has 0 bridgehead atoms. The monoisotopic (exact) mass is 228 g/mol. The van der Waals surface area contributed by atoms with Crippen molar-refractivity contribution in [2.24, 2.45) is 0 Å². The van der Waals surface area contributed by atoms with Crippen molar-refractivity contribution in [3.8, 4) is 11.3 Å². The highest BCUT2D eigenvalue weighted by molar-refractivity contribution is 5.58. The number of nitrogens with zero attached hydrogens (tertiary/aromatic N) is 1. The highest BCUT2D eigenvalue weighted by Gasteiger charge is 2.30. The third-order valence-electron chi connectivity index (χ3n) is 2.00. The predicted octanol–water partition coefficient (Wildman–Crippen LogP) is 2.94. The minimum Gasteiger partial charge on any atom is -0.424 e. The van der Waals surface area contributed by atoms with Gasteiger partial charge >= 0.3 is 6.18 Å². The lowest BCUT2D eigenvalue weighted by atomic mass is 10.1. The molecule has 0 aliphatic carbocycles. The first-order valence-corrected chi connectivity index (χ1v) is 4.36. The van der Waals surface area contributed by atoms with Crippen LogP contribution in [-0.4, -0.2) is 4.98 Å². The quantitative estimate of drug-likeness (QED) is 0.816. The van der Waals surface area contributed by atoms with Crippen molar-refractivity contribution in [2.45, 2.75) is 6.18 Å². The van der Waals surface area contributed by atoms with Crippen molar-refractivity contribution >= 4 is 6.01 Å². The summed E-state index contributed by atoms with van der Waals surface area (Å²) in [7, 11) is 0. The third kappa shape index (κ3) is 2.00. The highest BCUT2D eigenvalue weighted by atomic mass is 19.4. The van der Waals surface area contributed by atoms with Gasteiger partial charge in [-0.1, -0.05) is 12.1 Å². The van der Waals surface area contributed by atoms with Crippen molar-refractivity contribution < 1.29 is 17.6 Å². The van der Waals surface area contributed by atoms with Gasteiger partial charge in [0.2, 0.25) is 0 Å². The third-order valence-corrected chi connectivity index (χ3v) is 2.00. The maximum atomic E-state index is 12.4. The molecule has 16 heavy (non-hydrogen) atoms. The van der Waals surface area contributed by atoms with Crippen LogP contribution in [0.4, 0.5) is 19.2 Å². The number of hydrogen-bond donors (Lipinski definition) is 1. The Morgan fingerprint density at radius 1 is 1.25 bits per heavy atom. The van der Waals surface area contributed by atoms with Crippen molar-refractivity contribution in [1.82, 2.24) is 4.98 Å². The molecule has 0 fully saturated rings. The van der Waals surface area contributed by atoms with E-state index in [4.69, 9.17) is 10.2 Å². The molecule has 0 atom stereocenters. The fourth-order valence-electron chi connectivity index (χ4n) is 1.27. The number of rotatable bonds is 1. The van der Waals surface area contributed by atoms with Gasteiger partial charge in [-0.2, -0.15) is 13.2 Å². The van der Waals surface area contributed by atoms with E-state index >= 15 is 0 Å². The van der Waals surface area contributed by atoms with Gasteiger partial charge in [0, 0.05) is 5.56 Å². The number of nitrogens with two attached hydrogens (primary N) is 1. The van der Waals surface area contributed by atoms with Gasteiger partial charge in [-0.05, 0) is 12.1 Å². The summed E-state index contributed by atoms with van der Waals surface area (Å²) in [6.07, 6.45) is -3.09. The number of oxazole rings is 1. The molecule has 0 unspecified atom stereocenters. The van der Waals surface area contributed by atoms with Crippen LogP contribution in [0.25, 0.3) is 11.3 Å². The SMILES string of the molecule is Nc1ncc(-c2cccc(C(F)(F)F)c2)o1. The van der Waals surface area contributed by atoms with E-state index in [1.807, 2.05) is 0 Å². The Morgan fingerprint density at radius 2 is 2.00 bits per heavy atom. The van der Waals surface area contributed by atoms with Crippen LogP contribution in [0.15, 0.2) is 34.9 Å². The summed E-state index contributed by atoms with van der Waals surface area (Å²) in [5.41, 5.74) is 4.79. The smallest absolute Gasteiger partial charge is 0.416 e. The minimum atomic E-state index is -4.37. The molecule has 1 aromatic carbocycles. The summed E-state index contributed by atoms with van der Waals surface area (Å²) in [4.78, 5) is 3.61. The molecule has 84 valence electrons. The molecule has 3 nitrogen and oxygen atoms in total. The molecule has 6 heteroatoms. The second kappa shape index (κ2) is 3.55. The molecule has 0 aliphatic heterocycles. The molecule has 0 saturated carbocycles. The zero-order valence-corrected chi connectivity index (χ0v) is 7.95. The predicted molar refractivity (Wildman–Crippen MR) is 51.4 cm³/mol. The number of hydrogen-bond acceptors (Lipinski definition) is 3. The highest BCUT2D eigenvalue weighted by Crippen LogP contribution is 2.32. The first-order valence-electron chi connectivity index (χ1n) is 4.36. The molecule has 0 spiro atoms. The van der Waals surface area contributed by atoms with E-state index in [9.17, 15) is 13.2 Å². The topological polar surface area (TPSA) is 52.0 Å². The standard InChI is InChI=1S/C10H7F3N2O/c11-10(12,13)7-3-1-2-6(4-7)8-5-15-9(14)16-8/h1-5H,(H2,14,15). The largest absolute Gasteiger partial charge is 0.424 e. The first kappa shape index (κ1) is 10.5. The van der Waals surface area contributed by atoms with E-state index in [-0.39, 0.29) is 11.8 Å². The van der Waals surface area contributed by atoms with Crippen molar-refractivity contribution in [1.29, 1.82) is 0 Å². The van der Waals surface area contributed by atoms with Gasteiger partial charge in [0.1, 0.15) is 0 Å². The molecular weight excluding hydrogens is 221 g/mol. The van der Waals surface area contributed by atoms with Gasteiger partial charge in [0.05, 0.1) is 11.8 Å². The van der Waals surface area contributed by atoms with E-state index in [1.54, 1.807) is 0 Å². The Bertz CT molecular complexity index is 505. The number of nitrogen functional groups attached to an aromatic ring is 1. The van der Waals surface area contributed by atoms with Crippen molar-refractivity contribution in [3.63, 3.8) is 0 Å². The molecule has 2 aromatic rings. The molecular formula is C10H7F3N2O. The van der Waals surface area contributed by atoms with Crippen LogP contribution in [0.3, 0.4) is 0 Å². The van der Waals surface area contributed by atoms with Gasteiger partial charge in [-0.3, -0.25) is 0 Å². The Kier molecular flexibility index (Phi) is 2.34. The van der Waals surface area contributed by atoms with Crippen LogP contribution in [0.1, 0.15) is 5.56 Å². The van der Waals surface area contributed by atoms with Crippen molar-refractivity contribution in [3.05, 3.63) is 36.0 Å². The zero-order chi connectivity index (χ0) is 11.8. The molecule has 0 saturated heterocycles. The first-order chi connectivity index (χ1) is 7.47.